The number of esters is 1. The molecular formula is C25H22N6O3. The monoisotopic (exact) mass is 454 g/mol. The van der Waals surface area contributed by atoms with Gasteiger partial charge in [-0.05, 0) is 36.0 Å². The number of ether oxygens (including phenoxy) is 1. The van der Waals surface area contributed by atoms with Gasteiger partial charge in [0.15, 0.2) is 0 Å². The van der Waals surface area contributed by atoms with Crippen LogP contribution in [0.3, 0.4) is 0 Å². The number of benzene rings is 1. The Morgan fingerprint density at radius 3 is 2.82 bits per heavy atom. The molecule has 0 amide bonds. The topological polar surface area (TPSA) is 100 Å². The second-order valence-electron chi connectivity index (χ2n) is 8.53. The number of nitrogens with zero attached hydrogens (tertiary/aromatic N) is 6. The van der Waals surface area contributed by atoms with Gasteiger partial charge in [0.05, 0.1) is 30.4 Å². The zero-order valence-electron chi connectivity index (χ0n) is 18.4. The minimum atomic E-state index is -0.402. The van der Waals surface area contributed by atoms with Crippen molar-refractivity contribution in [3.63, 3.8) is 0 Å². The fraction of sp³-hybridized carbons (Fsp3) is 0.240. The van der Waals surface area contributed by atoms with Crippen LogP contribution >= 0.6 is 0 Å². The van der Waals surface area contributed by atoms with Crippen molar-refractivity contribution in [1.82, 2.24) is 29.4 Å². The van der Waals surface area contributed by atoms with Crippen molar-refractivity contribution in [3.05, 3.63) is 101 Å². The molecule has 0 radical (unpaired) electrons. The molecular weight excluding hydrogens is 432 g/mol. The molecule has 5 aromatic rings. The van der Waals surface area contributed by atoms with E-state index in [0.717, 1.165) is 22.5 Å². The molecule has 1 aromatic carbocycles. The van der Waals surface area contributed by atoms with E-state index in [1.807, 2.05) is 36.5 Å². The van der Waals surface area contributed by atoms with E-state index in [1.54, 1.807) is 10.9 Å². The molecule has 1 fully saturated rings. The zero-order valence-corrected chi connectivity index (χ0v) is 18.4. The van der Waals surface area contributed by atoms with Crippen LogP contribution in [0.5, 0.6) is 0 Å². The summed E-state index contributed by atoms with van der Waals surface area (Å²) in [7, 11) is 0. The van der Waals surface area contributed by atoms with Crippen LogP contribution in [0, 0.1) is 0 Å². The summed E-state index contributed by atoms with van der Waals surface area (Å²) in [6.07, 6.45) is 11.7. The molecule has 0 N–H and O–H groups in total. The van der Waals surface area contributed by atoms with Gasteiger partial charge in [-0.25, -0.2) is 9.78 Å². The Labute approximate surface area is 195 Å². The van der Waals surface area contributed by atoms with Gasteiger partial charge in [0.2, 0.25) is 12.3 Å². The normalized spacial score (nSPS) is 13.4. The van der Waals surface area contributed by atoms with Crippen molar-refractivity contribution < 1.29 is 13.9 Å². The van der Waals surface area contributed by atoms with Gasteiger partial charge >= 0.3 is 5.97 Å². The lowest BCUT2D eigenvalue weighted by molar-refractivity contribution is 0.0472. The first-order valence-corrected chi connectivity index (χ1v) is 11.2. The third-order valence-electron chi connectivity index (χ3n) is 5.90. The molecule has 1 saturated carbocycles. The van der Waals surface area contributed by atoms with E-state index in [4.69, 9.17) is 14.1 Å². The summed E-state index contributed by atoms with van der Waals surface area (Å²) >= 11 is 0. The van der Waals surface area contributed by atoms with E-state index in [9.17, 15) is 4.79 Å². The number of imidazole rings is 1. The van der Waals surface area contributed by atoms with Crippen molar-refractivity contribution in [2.75, 3.05) is 0 Å². The predicted octanol–water partition coefficient (Wildman–Crippen LogP) is 3.79. The van der Waals surface area contributed by atoms with E-state index in [1.165, 1.54) is 31.0 Å². The summed E-state index contributed by atoms with van der Waals surface area (Å²) in [5.74, 6) is 0.762. The molecule has 1 aliphatic carbocycles. The highest BCUT2D eigenvalue weighted by molar-refractivity contribution is 5.88. The first-order valence-electron chi connectivity index (χ1n) is 11.2. The number of aromatic nitrogens is 6. The van der Waals surface area contributed by atoms with Crippen LogP contribution in [0.15, 0.2) is 72.0 Å². The molecule has 170 valence electrons. The van der Waals surface area contributed by atoms with Gasteiger partial charge in [0.1, 0.15) is 12.3 Å². The fourth-order valence-electron chi connectivity index (χ4n) is 4.05. The number of hydrogen-bond donors (Lipinski definition) is 0. The Kier molecular flexibility index (Phi) is 5.14. The van der Waals surface area contributed by atoms with E-state index in [2.05, 4.69) is 32.0 Å². The molecule has 0 unspecified atom stereocenters. The highest BCUT2D eigenvalue weighted by atomic mass is 16.5. The number of rotatable bonds is 8. The Morgan fingerprint density at radius 2 is 2.03 bits per heavy atom. The van der Waals surface area contributed by atoms with Crippen molar-refractivity contribution in [2.45, 2.75) is 38.3 Å². The predicted molar refractivity (Wildman–Crippen MR) is 121 cm³/mol. The molecule has 1 aliphatic rings. The van der Waals surface area contributed by atoms with Crippen LogP contribution < -0.4 is 0 Å². The van der Waals surface area contributed by atoms with Gasteiger partial charge in [-0.1, -0.05) is 30.3 Å². The van der Waals surface area contributed by atoms with Gasteiger partial charge in [-0.3, -0.25) is 4.68 Å². The minimum Gasteiger partial charge on any atom is -0.457 e. The summed E-state index contributed by atoms with van der Waals surface area (Å²) in [5.41, 5.74) is 5.39. The van der Waals surface area contributed by atoms with Gasteiger partial charge < -0.3 is 13.6 Å². The molecule has 0 saturated heterocycles. The first kappa shape index (κ1) is 20.3. The molecule has 4 aromatic heterocycles. The molecule has 34 heavy (non-hydrogen) atoms. The second kappa shape index (κ2) is 8.58. The van der Waals surface area contributed by atoms with E-state index in [-0.39, 0.29) is 6.61 Å². The zero-order chi connectivity index (χ0) is 22.9. The van der Waals surface area contributed by atoms with Crippen LogP contribution in [-0.4, -0.2) is 35.3 Å². The van der Waals surface area contributed by atoms with Crippen LogP contribution in [0.1, 0.15) is 57.4 Å². The smallest absolute Gasteiger partial charge is 0.341 e. The van der Waals surface area contributed by atoms with Crippen molar-refractivity contribution in [3.8, 4) is 0 Å². The second-order valence-corrected chi connectivity index (χ2v) is 8.53. The Balaban J connectivity index is 1.20. The Hall–Kier alpha value is -4.27. The van der Waals surface area contributed by atoms with Crippen molar-refractivity contribution in [2.24, 2.45) is 0 Å². The molecule has 9 nitrogen and oxygen atoms in total. The van der Waals surface area contributed by atoms with Gasteiger partial charge in [-0.2, -0.15) is 5.10 Å². The van der Waals surface area contributed by atoms with Crippen molar-refractivity contribution in [1.29, 1.82) is 0 Å². The lowest BCUT2D eigenvalue weighted by atomic mass is 10.1. The average Bonchev–Trinajstić information content (AvgIpc) is 3.21. The third-order valence-corrected chi connectivity index (χ3v) is 5.90. The molecule has 0 aliphatic heterocycles. The lowest BCUT2D eigenvalue weighted by Gasteiger charge is -2.05. The van der Waals surface area contributed by atoms with Crippen LogP contribution in [0.4, 0.5) is 0 Å². The minimum absolute atomic E-state index is 0.226. The van der Waals surface area contributed by atoms with Crippen molar-refractivity contribution >= 4 is 11.6 Å². The number of pyridine rings is 1. The fourth-order valence-corrected chi connectivity index (χ4v) is 4.05. The molecule has 0 bridgehead atoms. The molecule has 0 atom stereocenters. The maximum absolute atomic E-state index is 12.4. The van der Waals surface area contributed by atoms with Crippen LogP contribution in [-0.2, 0) is 24.3 Å². The summed E-state index contributed by atoms with van der Waals surface area (Å²) < 4.78 is 14.5. The highest BCUT2D eigenvalue weighted by Crippen LogP contribution is 2.40. The third kappa shape index (κ3) is 4.32. The summed E-state index contributed by atoms with van der Waals surface area (Å²) in [5, 5.41) is 12.1. The molecule has 4 heterocycles. The largest absolute Gasteiger partial charge is 0.457 e. The van der Waals surface area contributed by atoms with Gasteiger partial charge in [0, 0.05) is 24.2 Å². The molecule has 0 spiro atoms. The summed E-state index contributed by atoms with van der Waals surface area (Å²) in [4.78, 5) is 17.2. The average molecular weight is 454 g/mol. The Bertz CT molecular complexity index is 1430. The SMILES string of the molecule is O=C(OCc1ccccc1)c1cnn(Cc2cn3cc(C4CC4)cc(Cc4nnco4)c3n2)c1. The van der Waals surface area contributed by atoms with Gasteiger partial charge in [0.25, 0.3) is 0 Å². The summed E-state index contributed by atoms with van der Waals surface area (Å²) in [6.45, 7) is 0.663. The molecule has 9 heteroatoms. The van der Waals surface area contributed by atoms with Crippen LogP contribution in [0.2, 0.25) is 0 Å². The number of carbonyl (C=O) groups excluding carboxylic acids is 1. The lowest BCUT2D eigenvalue weighted by Crippen LogP contribution is -2.05. The highest BCUT2D eigenvalue weighted by Gasteiger charge is 2.25. The standard InChI is InChI=1S/C25H22N6O3/c32-25(33-15-17-4-2-1-3-5-17)21-10-27-31(12-21)14-22-13-30-11-20(18-6-7-18)8-19(24(30)28-22)9-23-29-26-16-34-23/h1-5,8,10-13,16,18H,6-7,9,14-15H2. The van der Waals surface area contributed by atoms with E-state index < -0.39 is 5.97 Å². The van der Waals surface area contributed by atoms with Crippen LogP contribution in [0.25, 0.3) is 5.65 Å². The van der Waals surface area contributed by atoms with Gasteiger partial charge in [-0.15, -0.1) is 10.2 Å². The van der Waals surface area contributed by atoms with E-state index in [0.29, 0.717) is 30.3 Å². The number of carbonyl (C=O) groups is 1. The maximum atomic E-state index is 12.4. The Morgan fingerprint density at radius 1 is 1.15 bits per heavy atom. The molecule has 6 rings (SSSR count). The maximum Gasteiger partial charge on any atom is 0.341 e. The first-order chi connectivity index (χ1) is 16.7. The summed E-state index contributed by atoms with van der Waals surface area (Å²) in [6, 6.07) is 11.8. The number of fused-ring (bicyclic) bond motifs is 1. The quantitative estimate of drug-likeness (QED) is 0.329. The van der Waals surface area contributed by atoms with E-state index >= 15 is 0 Å². The number of hydrogen-bond acceptors (Lipinski definition) is 7.